The zero-order valence-corrected chi connectivity index (χ0v) is 11.7. The Morgan fingerprint density at radius 2 is 2.12 bits per heavy atom. The highest BCUT2D eigenvalue weighted by Crippen LogP contribution is 2.28. The summed E-state index contributed by atoms with van der Waals surface area (Å²) in [4.78, 5) is 10.6. The van der Waals surface area contributed by atoms with Gasteiger partial charge in [-0.15, -0.1) is 0 Å². The van der Waals surface area contributed by atoms with Gasteiger partial charge in [0.1, 0.15) is 22.4 Å². The quantitative estimate of drug-likeness (QED) is 0.873. The molecular formula is C11H19BrN4. The van der Waals surface area contributed by atoms with Crippen molar-refractivity contribution in [2.75, 3.05) is 30.4 Å². The van der Waals surface area contributed by atoms with Crippen LogP contribution in [0, 0.1) is 0 Å². The van der Waals surface area contributed by atoms with Gasteiger partial charge in [-0.3, -0.25) is 0 Å². The number of hydrogen-bond donors (Lipinski definition) is 1. The second kappa shape index (κ2) is 6.68. The third-order valence-electron chi connectivity index (χ3n) is 2.32. The van der Waals surface area contributed by atoms with Gasteiger partial charge in [0, 0.05) is 20.1 Å². The van der Waals surface area contributed by atoms with Crippen LogP contribution in [0.5, 0.6) is 0 Å². The highest BCUT2D eigenvalue weighted by Gasteiger charge is 2.11. The zero-order valence-electron chi connectivity index (χ0n) is 10.1. The van der Waals surface area contributed by atoms with Gasteiger partial charge in [0.2, 0.25) is 0 Å². The Labute approximate surface area is 106 Å². The number of halogens is 1. The molecule has 0 saturated carbocycles. The molecule has 0 aliphatic heterocycles. The van der Waals surface area contributed by atoms with Crippen molar-refractivity contribution in [3.8, 4) is 0 Å². The molecule has 0 aromatic carbocycles. The van der Waals surface area contributed by atoms with Crippen molar-refractivity contribution in [1.29, 1.82) is 0 Å². The summed E-state index contributed by atoms with van der Waals surface area (Å²) in [6, 6.07) is 0. The molecule has 1 rings (SSSR count). The van der Waals surface area contributed by atoms with Gasteiger partial charge < -0.3 is 10.2 Å². The maximum atomic E-state index is 4.30. The maximum absolute atomic E-state index is 4.30. The van der Waals surface area contributed by atoms with Gasteiger partial charge in [0.25, 0.3) is 0 Å². The van der Waals surface area contributed by atoms with Gasteiger partial charge in [0.15, 0.2) is 0 Å². The number of rotatable bonds is 6. The number of nitrogens with one attached hydrogen (secondary N) is 1. The van der Waals surface area contributed by atoms with Crippen LogP contribution < -0.4 is 10.2 Å². The molecule has 0 atom stereocenters. The smallest absolute Gasteiger partial charge is 0.148 e. The minimum Gasteiger partial charge on any atom is -0.369 e. The molecule has 16 heavy (non-hydrogen) atoms. The summed E-state index contributed by atoms with van der Waals surface area (Å²) < 4.78 is 0.940. The van der Waals surface area contributed by atoms with Crippen molar-refractivity contribution >= 4 is 27.6 Å². The summed E-state index contributed by atoms with van der Waals surface area (Å²) in [7, 11) is 2.05. The molecule has 0 saturated heterocycles. The summed E-state index contributed by atoms with van der Waals surface area (Å²) in [5, 5.41) is 3.20. The fourth-order valence-electron chi connectivity index (χ4n) is 1.42. The molecule has 90 valence electrons. The minimum atomic E-state index is 0.855. The van der Waals surface area contributed by atoms with Crippen LogP contribution in [-0.2, 0) is 0 Å². The molecule has 1 N–H and O–H groups in total. The second-order valence-corrected chi connectivity index (χ2v) is 4.46. The summed E-state index contributed by atoms with van der Waals surface area (Å²) in [6.07, 6.45) is 3.96. The highest BCUT2D eigenvalue weighted by atomic mass is 79.9. The third kappa shape index (κ3) is 3.33. The first-order chi connectivity index (χ1) is 7.70. The molecule has 0 aliphatic rings. The summed E-state index contributed by atoms with van der Waals surface area (Å²) in [6.45, 7) is 6.10. The third-order valence-corrected chi connectivity index (χ3v) is 3.05. The largest absolute Gasteiger partial charge is 0.369 e. The first kappa shape index (κ1) is 13.2. The van der Waals surface area contributed by atoms with Crippen LogP contribution in [0.3, 0.4) is 0 Å². The molecule has 1 aromatic rings. The molecule has 1 aromatic heterocycles. The van der Waals surface area contributed by atoms with Crippen LogP contribution in [0.2, 0.25) is 0 Å². The van der Waals surface area contributed by atoms with E-state index in [0.717, 1.165) is 29.2 Å². The number of hydrogen-bond acceptors (Lipinski definition) is 4. The fourth-order valence-corrected chi connectivity index (χ4v) is 2.07. The van der Waals surface area contributed by atoms with Crippen molar-refractivity contribution in [1.82, 2.24) is 9.97 Å². The van der Waals surface area contributed by atoms with Gasteiger partial charge in [-0.05, 0) is 29.3 Å². The van der Waals surface area contributed by atoms with Crippen molar-refractivity contribution in [3.63, 3.8) is 0 Å². The van der Waals surface area contributed by atoms with E-state index in [-0.39, 0.29) is 0 Å². The lowest BCUT2D eigenvalue weighted by Crippen LogP contribution is -2.20. The van der Waals surface area contributed by atoms with Gasteiger partial charge >= 0.3 is 0 Å². The first-order valence-corrected chi connectivity index (χ1v) is 6.45. The predicted octanol–water partition coefficient (Wildman–Crippen LogP) is 2.91. The molecule has 1 heterocycles. The normalized spacial score (nSPS) is 10.2. The van der Waals surface area contributed by atoms with E-state index >= 15 is 0 Å². The van der Waals surface area contributed by atoms with Crippen LogP contribution in [-0.4, -0.2) is 30.1 Å². The second-order valence-electron chi connectivity index (χ2n) is 3.67. The molecule has 0 bridgehead atoms. The Hall–Kier alpha value is -0.840. The average molecular weight is 287 g/mol. The molecule has 4 nitrogen and oxygen atoms in total. The van der Waals surface area contributed by atoms with Gasteiger partial charge in [-0.2, -0.15) is 0 Å². The molecule has 0 spiro atoms. The number of unbranched alkanes of at least 4 members (excludes halogenated alkanes) is 1. The molecule has 0 aliphatic carbocycles. The van der Waals surface area contributed by atoms with Crippen LogP contribution in [0.25, 0.3) is 0 Å². The Morgan fingerprint density at radius 3 is 2.75 bits per heavy atom. The number of aromatic nitrogens is 2. The fraction of sp³-hybridized carbons (Fsp3) is 0.636. The highest BCUT2D eigenvalue weighted by molar-refractivity contribution is 9.10. The van der Waals surface area contributed by atoms with Crippen molar-refractivity contribution < 1.29 is 0 Å². The molecule has 0 amide bonds. The topological polar surface area (TPSA) is 41.1 Å². The van der Waals surface area contributed by atoms with E-state index in [4.69, 9.17) is 0 Å². The monoisotopic (exact) mass is 286 g/mol. The van der Waals surface area contributed by atoms with E-state index < -0.39 is 0 Å². The van der Waals surface area contributed by atoms with Crippen molar-refractivity contribution in [2.45, 2.75) is 26.7 Å². The number of anilines is 2. The van der Waals surface area contributed by atoms with Gasteiger partial charge in [-0.25, -0.2) is 9.97 Å². The molecular weight excluding hydrogens is 268 g/mol. The lowest BCUT2D eigenvalue weighted by Gasteiger charge is -2.20. The van der Waals surface area contributed by atoms with Crippen LogP contribution in [0.15, 0.2) is 10.8 Å². The average Bonchev–Trinajstić information content (AvgIpc) is 2.29. The maximum Gasteiger partial charge on any atom is 0.148 e. The first-order valence-electron chi connectivity index (χ1n) is 5.66. The minimum absolute atomic E-state index is 0.855. The molecule has 0 fully saturated rings. The lowest BCUT2D eigenvalue weighted by atomic mass is 10.3. The summed E-state index contributed by atoms with van der Waals surface area (Å²) >= 11 is 3.55. The van der Waals surface area contributed by atoms with E-state index in [1.807, 2.05) is 0 Å². The summed E-state index contributed by atoms with van der Waals surface area (Å²) in [5.41, 5.74) is 0. The standard InChI is InChI=1S/C11H19BrN4/c1-4-6-7-16(3)11-9(12)10(13-5-2)14-8-15-11/h8H,4-7H2,1-3H3,(H,13,14,15). The molecule has 0 unspecified atom stereocenters. The van der Waals surface area contributed by atoms with Crippen LogP contribution in [0.4, 0.5) is 11.6 Å². The van der Waals surface area contributed by atoms with Crippen LogP contribution in [0.1, 0.15) is 26.7 Å². The SMILES string of the molecule is CCCCN(C)c1ncnc(NCC)c1Br. The van der Waals surface area contributed by atoms with E-state index in [0.29, 0.717) is 0 Å². The van der Waals surface area contributed by atoms with E-state index in [1.54, 1.807) is 6.33 Å². The summed E-state index contributed by atoms with van der Waals surface area (Å²) in [5.74, 6) is 1.80. The predicted molar refractivity (Wildman–Crippen MR) is 72.1 cm³/mol. The number of nitrogens with zero attached hydrogens (tertiary/aromatic N) is 3. The zero-order chi connectivity index (χ0) is 12.0. The molecule has 0 radical (unpaired) electrons. The van der Waals surface area contributed by atoms with Crippen molar-refractivity contribution in [3.05, 3.63) is 10.8 Å². The Morgan fingerprint density at radius 1 is 1.38 bits per heavy atom. The Balaban J connectivity index is 2.82. The molecule has 5 heteroatoms. The van der Waals surface area contributed by atoms with E-state index in [1.165, 1.54) is 12.8 Å². The Bertz CT molecular complexity index is 330. The van der Waals surface area contributed by atoms with Crippen LogP contribution >= 0.6 is 15.9 Å². The van der Waals surface area contributed by atoms with E-state index in [9.17, 15) is 0 Å². The lowest BCUT2D eigenvalue weighted by molar-refractivity contribution is 0.757. The Kier molecular flexibility index (Phi) is 5.52. The van der Waals surface area contributed by atoms with Crippen molar-refractivity contribution in [2.24, 2.45) is 0 Å². The van der Waals surface area contributed by atoms with E-state index in [2.05, 4.69) is 57.0 Å². The van der Waals surface area contributed by atoms with Gasteiger partial charge in [0.05, 0.1) is 0 Å². The van der Waals surface area contributed by atoms with Gasteiger partial charge in [-0.1, -0.05) is 13.3 Å².